The zero-order valence-electron chi connectivity index (χ0n) is 15.3. The van der Waals surface area contributed by atoms with Crippen LogP contribution in [0.5, 0.6) is 5.75 Å². The molecule has 0 unspecified atom stereocenters. The molecule has 1 aliphatic heterocycles. The first-order chi connectivity index (χ1) is 12.5. The Balaban J connectivity index is 1.30. The van der Waals surface area contributed by atoms with Gasteiger partial charge in [-0.05, 0) is 62.8 Å². The first kappa shape index (κ1) is 19.0. The summed E-state index contributed by atoms with van der Waals surface area (Å²) in [5.41, 5.74) is 0.995. The Kier molecular flexibility index (Phi) is 6.41. The summed E-state index contributed by atoms with van der Waals surface area (Å²) in [4.78, 5) is 26.1. The van der Waals surface area contributed by atoms with Crippen molar-refractivity contribution in [3.8, 4) is 5.75 Å². The second-order valence-electron chi connectivity index (χ2n) is 7.30. The smallest absolute Gasteiger partial charge is 0.225 e. The SMILES string of the molecule is Cc1cc(Cl)ccc1OCCCC(=O)NC1CCN(C(=O)C2CC2)CC1. The summed E-state index contributed by atoms with van der Waals surface area (Å²) in [7, 11) is 0. The minimum Gasteiger partial charge on any atom is -0.493 e. The number of nitrogens with zero attached hydrogens (tertiary/aromatic N) is 1. The van der Waals surface area contributed by atoms with Crippen LogP contribution in [0, 0.1) is 12.8 Å². The maximum atomic E-state index is 12.1. The average molecular weight is 379 g/mol. The molecule has 1 aromatic carbocycles. The Bertz CT molecular complexity index is 652. The average Bonchev–Trinajstić information content (AvgIpc) is 3.45. The maximum Gasteiger partial charge on any atom is 0.225 e. The largest absolute Gasteiger partial charge is 0.493 e. The van der Waals surface area contributed by atoms with Crippen LogP contribution in [0.15, 0.2) is 18.2 Å². The number of piperidine rings is 1. The van der Waals surface area contributed by atoms with Crippen molar-refractivity contribution in [1.29, 1.82) is 0 Å². The normalized spacial score (nSPS) is 17.8. The number of hydrogen-bond acceptors (Lipinski definition) is 3. The summed E-state index contributed by atoms with van der Waals surface area (Å²) >= 11 is 5.93. The molecule has 3 rings (SSSR count). The van der Waals surface area contributed by atoms with Gasteiger partial charge in [-0.25, -0.2) is 0 Å². The number of halogens is 1. The number of amides is 2. The third kappa shape index (κ3) is 5.37. The summed E-state index contributed by atoms with van der Waals surface area (Å²) in [6.07, 6.45) is 4.93. The van der Waals surface area contributed by atoms with Gasteiger partial charge in [0.25, 0.3) is 0 Å². The minimum absolute atomic E-state index is 0.0633. The Labute approximate surface area is 160 Å². The molecule has 0 spiro atoms. The lowest BCUT2D eigenvalue weighted by atomic mass is 10.0. The topological polar surface area (TPSA) is 58.6 Å². The Morgan fingerprint density at radius 3 is 2.62 bits per heavy atom. The van der Waals surface area contributed by atoms with Crippen molar-refractivity contribution in [2.45, 2.75) is 51.5 Å². The van der Waals surface area contributed by atoms with E-state index in [1.54, 1.807) is 6.07 Å². The Morgan fingerprint density at radius 2 is 1.96 bits per heavy atom. The molecule has 1 saturated carbocycles. The monoisotopic (exact) mass is 378 g/mol. The van der Waals surface area contributed by atoms with E-state index < -0.39 is 0 Å². The summed E-state index contributed by atoms with van der Waals surface area (Å²) in [5.74, 6) is 1.46. The fourth-order valence-electron chi connectivity index (χ4n) is 3.32. The van der Waals surface area contributed by atoms with Gasteiger partial charge < -0.3 is 15.0 Å². The molecule has 6 heteroatoms. The number of rotatable bonds is 7. The zero-order valence-corrected chi connectivity index (χ0v) is 16.1. The van der Waals surface area contributed by atoms with Gasteiger partial charge in [0, 0.05) is 36.5 Å². The lowest BCUT2D eigenvalue weighted by molar-refractivity contribution is -0.133. The molecular weight excluding hydrogens is 352 g/mol. The van der Waals surface area contributed by atoms with Gasteiger partial charge in [0.1, 0.15) is 5.75 Å². The summed E-state index contributed by atoms with van der Waals surface area (Å²) in [5, 5.41) is 3.78. The molecule has 0 atom stereocenters. The van der Waals surface area contributed by atoms with E-state index in [0.717, 1.165) is 50.1 Å². The minimum atomic E-state index is 0.0633. The van der Waals surface area contributed by atoms with Crippen LogP contribution >= 0.6 is 11.6 Å². The molecule has 26 heavy (non-hydrogen) atoms. The number of hydrogen-bond donors (Lipinski definition) is 1. The number of benzene rings is 1. The molecule has 0 bridgehead atoms. The first-order valence-electron chi connectivity index (χ1n) is 9.50. The Morgan fingerprint density at radius 1 is 1.23 bits per heavy atom. The number of carbonyl (C=O) groups excluding carboxylic acids is 2. The standard InChI is InChI=1S/C20H27ClN2O3/c1-14-13-16(21)6-7-18(14)26-12-2-3-19(24)22-17-8-10-23(11-9-17)20(25)15-4-5-15/h6-7,13,15,17H,2-5,8-12H2,1H3,(H,22,24). The van der Waals surface area contributed by atoms with Crippen molar-refractivity contribution in [3.63, 3.8) is 0 Å². The molecule has 1 saturated heterocycles. The van der Waals surface area contributed by atoms with Crippen molar-refractivity contribution in [2.75, 3.05) is 19.7 Å². The zero-order chi connectivity index (χ0) is 18.5. The van der Waals surface area contributed by atoms with Crippen molar-refractivity contribution < 1.29 is 14.3 Å². The van der Waals surface area contributed by atoms with Crippen molar-refractivity contribution in [3.05, 3.63) is 28.8 Å². The van der Waals surface area contributed by atoms with Crippen LogP contribution in [-0.4, -0.2) is 42.5 Å². The molecular formula is C20H27ClN2O3. The summed E-state index contributed by atoms with van der Waals surface area (Å²) in [6, 6.07) is 5.71. The Hall–Kier alpha value is -1.75. The van der Waals surface area contributed by atoms with E-state index in [-0.39, 0.29) is 17.9 Å². The molecule has 1 N–H and O–H groups in total. The molecule has 0 aromatic heterocycles. The van der Waals surface area contributed by atoms with E-state index in [2.05, 4.69) is 5.32 Å². The van der Waals surface area contributed by atoms with Crippen LogP contribution in [-0.2, 0) is 9.59 Å². The second kappa shape index (κ2) is 8.76. The molecule has 142 valence electrons. The van der Waals surface area contributed by atoms with Gasteiger partial charge in [-0.3, -0.25) is 9.59 Å². The van der Waals surface area contributed by atoms with E-state index in [1.807, 2.05) is 24.0 Å². The second-order valence-corrected chi connectivity index (χ2v) is 7.74. The number of aryl methyl sites for hydroxylation is 1. The summed E-state index contributed by atoms with van der Waals surface area (Å²) in [6.45, 7) is 3.98. The van der Waals surface area contributed by atoms with Crippen molar-refractivity contribution >= 4 is 23.4 Å². The van der Waals surface area contributed by atoms with Crippen molar-refractivity contribution in [1.82, 2.24) is 10.2 Å². The quantitative estimate of drug-likeness (QED) is 0.740. The van der Waals surface area contributed by atoms with E-state index in [0.29, 0.717) is 30.4 Å². The van der Waals surface area contributed by atoms with Crippen LogP contribution in [0.3, 0.4) is 0 Å². The van der Waals surface area contributed by atoms with Crippen LogP contribution in [0.25, 0.3) is 0 Å². The molecule has 1 heterocycles. The predicted octanol–water partition coefficient (Wildman–Crippen LogP) is 3.32. The number of nitrogens with one attached hydrogen (secondary N) is 1. The van der Waals surface area contributed by atoms with Crippen LogP contribution in [0.2, 0.25) is 5.02 Å². The molecule has 1 aromatic rings. The highest BCUT2D eigenvalue weighted by molar-refractivity contribution is 6.30. The number of likely N-dealkylation sites (tertiary alicyclic amines) is 1. The highest BCUT2D eigenvalue weighted by atomic mass is 35.5. The van der Waals surface area contributed by atoms with Crippen LogP contribution in [0.1, 0.15) is 44.1 Å². The van der Waals surface area contributed by atoms with Crippen molar-refractivity contribution in [2.24, 2.45) is 5.92 Å². The molecule has 5 nitrogen and oxygen atoms in total. The first-order valence-corrected chi connectivity index (χ1v) is 9.88. The molecule has 2 fully saturated rings. The van der Waals surface area contributed by atoms with Gasteiger partial charge in [0.15, 0.2) is 0 Å². The number of ether oxygens (including phenoxy) is 1. The third-order valence-corrected chi connectivity index (χ3v) is 5.28. The van der Waals surface area contributed by atoms with Gasteiger partial charge in [0.2, 0.25) is 11.8 Å². The van der Waals surface area contributed by atoms with Gasteiger partial charge >= 0.3 is 0 Å². The van der Waals surface area contributed by atoms with Crippen LogP contribution < -0.4 is 10.1 Å². The highest BCUT2D eigenvalue weighted by Gasteiger charge is 2.35. The fraction of sp³-hybridized carbons (Fsp3) is 0.600. The van der Waals surface area contributed by atoms with E-state index in [1.165, 1.54) is 0 Å². The summed E-state index contributed by atoms with van der Waals surface area (Å²) < 4.78 is 5.72. The lowest BCUT2D eigenvalue weighted by Gasteiger charge is -2.32. The van der Waals surface area contributed by atoms with Gasteiger partial charge in [-0.2, -0.15) is 0 Å². The van der Waals surface area contributed by atoms with Gasteiger partial charge in [-0.15, -0.1) is 0 Å². The molecule has 1 aliphatic carbocycles. The lowest BCUT2D eigenvalue weighted by Crippen LogP contribution is -2.47. The predicted molar refractivity (Wildman–Crippen MR) is 101 cm³/mol. The molecule has 0 radical (unpaired) electrons. The van der Waals surface area contributed by atoms with Gasteiger partial charge in [-0.1, -0.05) is 11.6 Å². The van der Waals surface area contributed by atoms with E-state index in [4.69, 9.17) is 16.3 Å². The molecule has 2 aliphatic rings. The third-order valence-electron chi connectivity index (χ3n) is 5.04. The van der Waals surface area contributed by atoms with E-state index in [9.17, 15) is 9.59 Å². The number of carbonyl (C=O) groups is 2. The van der Waals surface area contributed by atoms with Crippen LogP contribution in [0.4, 0.5) is 0 Å². The van der Waals surface area contributed by atoms with Gasteiger partial charge in [0.05, 0.1) is 6.61 Å². The highest BCUT2D eigenvalue weighted by Crippen LogP contribution is 2.31. The maximum absolute atomic E-state index is 12.1. The fourth-order valence-corrected chi connectivity index (χ4v) is 3.55. The molecule has 2 amide bonds. The van der Waals surface area contributed by atoms with E-state index >= 15 is 0 Å².